The summed E-state index contributed by atoms with van der Waals surface area (Å²) in [5.41, 5.74) is -0.942. The van der Waals surface area contributed by atoms with Crippen LogP contribution in [-0.2, 0) is 6.18 Å². The maximum Gasteiger partial charge on any atom is 0.433 e. The maximum absolute atomic E-state index is 11.5. The molecule has 0 atom stereocenters. The van der Waals surface area contributed by atoms with Gasteiger partial charge in [0.2, 0.25) is 0 Å². The highest BCUT2D eigenvalue weighted by Gasteiger charge is 2.32. The first-order chi connectivity index (χ1) is 4.11. The Morgan fingerprint density at radius 2 is 2.22 bits per heavy atom. The van der Waals surface area contributed by atoms with Crippen LogP contribution in [0.4, 0.5) is 13.2 Å². The number of nitrogens with one attached hydrogen (secondary N) is 1. The number of aromatic nitrogens is 2. The smallest absolute Gasteiger partial charge is 0.340 e. The number of halogens is 3. The number of aromatic amines is 1. The van der Waals surface area contributed by atoms with Crippen molar-refractivity contribution < 1.29 is 13.2 Å². The normalized spacial score (nSPS) is 11.9. The summed E-state index contributed by atoms with van der Waals surface area (Å²) < 4.78 is 34.6. The highest BCUT2D eigenvalue weighted by molar-refractivity contribution is 4.96. The van der Waals surface area contributed by atoms with Gasteiger partial charge >= 0.3 is 6.18 Å². The van der Waals surface area contributed by atoms with Crippen molar-refractivity contribution >= 4 is 0 Å². The van der Waals surface area contributed by atoms with Gasteiger partial charge in [-0.05, 0) is 0 Å². The fourth-order valence-corrected chi connectivity index (χ4v) is 0.371. The van der Waals surface area contributed by atoms with Crippen molar-refractivity contribution in [1.29, 1.82) is 0 Å². The Hall–Kier alpha value is -1.00. The van der Waals surface area contributed by atoms with Gasteiger partial charge in [0.15, 0.2) is 0 Å². The van der Waals surface area contributed by atoms with Crippen molar-refractivity contribution in [2.75, 3.05) is 0 Å². The number of alkyl halides is 3. The van der Waals surface area contributed by atoms with E-state index in [0.717, 1.165) is 6.33 Å². The summed E-state index contributed by atoms with van der Waals surface area (Å²) in [4.78, 5) is 4.97. The van der Waals surface area contributed by atoms with Crippen molar-refractivity contribution in [3.63, 3.8) is 0 Å². The molecule has 1 aromatic rings. The molecule has 0 saturated carbocycles. The molecule has 1 heterocycles. The molecule has 49 valence electrons. The molecule has 9 heavy (non-hydrogen) atoms. The van der Waals surface area contributed by atoms with Crippen LogP contribution in [0.2, 0.25) is 0 Å². The third-order valence-electron chi connectivity index (χ3n) is 0.733. The lowest BCUT2D eigenvalue weighted by molar-refractivity contribution is -0.141. The van der Waals surface area contributed by atoms with Gasteiger partial charge in [-0.3, -0.25) is 0 Å². The predicted molar refractivity (Wildman–Crippen MR) is 22.4 cm³/mol. The fourth-order valence-electron chi connectivity index (χ4n) is 0.371. The van der Waals surface area contributed by atoms with E-state index in [2.05, 4.69) is 4.98 Å². The molecule has 1 N–H and O–H groups in total. The van der Waals surface area contributed by atoms with Crippen LogP contribution in [0.5, 0.6) is 0 Å². The molecule has 0 bridgehead atoms. The molecule has 0 aliphatic rings. The van der Waals surface area contributed by atoms with E-state index in [0.29, 0.717) is 0 Å². The molecule has 0 aromatic carbocycles. The molecule has 0 unspecified atom stereocenters. The molecule has 1 aromatic heterocycles. The molecular formula is C4H2F3N2. The second-order valence-electron chi connectivity index (χ2n) is 1.39. The van der Waals surface area contributed by atoms with E-state index in [1.807, 2.05) is 4.98 Å². The minimum Gasteiger partial charge on any atom is -0.340 e. The van der Waals surface area contributed by atoms with Gasteiger partial charge in [0.25, 0.3) is 0 Å². The van der Waals surface area contributed by atoms with Crippen LogP contribution < -0.4 is 0 Å². The highest BCUT2D eigenvalue weighted by Crippen LogP contribution is 2.25. The number of rotatable bonds is 0. The van der Waals surface area contributed by atoms with Crippen LogP contribution >= 0.6 is 0 Å². The van der Waals surface area contributed by atoms with Crippen LogP contribution in [0.15, 0.2) is 6.33 Å². The molecule has 2 nitrogen and oxygen atoms in total. The van der Waals surface area contributed by atoms with Crippen molar-refractivity contribution in [1.82, 2.24) is 9.97 Å². The largest absolute Gasteiger partial charge is 0.433 e. The van der Waals surface area contributed by atoms with Gasteiger partial charge in [-0.25, -0.2) is 4.98 Å². The summed E-state index contributed by atoms with van der Waals surface area (Å²) in [5, 5.41) is 0. The van der Waals surface area contributed by atoms with E-state index in [-0.39, 0.29) is 0 Å². The maximum atomic E-state index is 11.5. The average molecular weight is 135 g/mol. The molecule has 0 amide bonds. The van der Waals surface area contributed by atoms with E-state index >= 15 is 0 Å². The third-order valence-corrected chi connectivity index (χ3v) is 0.733. The Bertz CT molecular complexity index is 176. The number of nitrogens with zero attached hydrogens (tertiary/aromatic N) is 1. The van der Waals surface area contributed by atoms with Crippen LogP contribution in [0, 0.1) is 6.20 Å². The van der Waals surface area contributed by atoms with Crippen LogP contribution in [0.1, 0.15) is 5.69 Å². The Morgan fingerprint density at radius 3 is 2.44 bits per heavy atom. The van der Waals surface area contributed by atoms with Gasteiger partial charge in [0, 0.05) is 0 Å². The summed E-state index contributed by atoms with van der Waals surface area (Å²) in [7, 11) is 0. The zero-order valence-electron chi connectivity index (χ0n) is 4.16. The van der Waals surface area contributed by atoms with Crippen molar-refractivity contribution in [2.24, 2.45) is 0 Å². The second-order valence-corrected chi connectivity index (χ2v) is 1.39. The van der Waals surface area contributed by atoms with Crippen molar-refractivity contribution in [3.8, 4) is 0 Å². The first-order valence-corrected chi connectivity index (χ1v) is 2.09. The number of imidazole rings is 1. The summed E-state index contributed by atoms with van der Waals surface area (Å²) in [6.07, 6.45) is -1.67. The Balaban J connectivity index is 2.90. The minimum atomic E-state index is -4.35. The van der Waals surface area contributed by atoms with Crippen molar-refractivity contribution in [3.05, 3.63) is 18.2 Å². The number of hydrogen-bond acceptors (Lipinski definition) is 1. The minimum absolute atomic E-state index is 0.933. The lowest BCUT2D eigenvalue weighted by Gasteiger charge is -1.98. The van der Waals surface area contributed by atoms with Gasteiger partial charge in [-0.2, -0.15) is 13.2 Å². The summed E-state index contributed by atoms with van der Waals surface area (Å²) in [6, 6.07) is 0. The lowest BCUT2D eigenvalue weighted by atomic mass is 10.5. The highest BCUT2D eigenvalue weighted by atomic mass is 19.4. The molecule has 0 spiro atoms. The zero-order valence-corrected chi connectivity index (χ0v) is 4.16. The van der Waals surface area contributed by atoms with Crippen LogP contribution in [0.3, 0.4) is 0 Å². The topological polar surface area (TPSA) is 28.7 Å². The van der Waals surface area contributed by atoms with Crippen LogP contribution in [0.25, 0.3) is 0 Å². The molecule has 0 fully saturated rings. The summed E-state index contributed by atoms with van der Waals surface area (Å²) >= 11 is 0. The quantitative estimate of drug-likeness (QED) is 0.569. The third kappa shape index (κ3) is 1.22. The molecule has 1 radical (unpaired) electrons. The van der Waals surface area contributed by atoms with Gasteiger partial charge in [-0.1, -0.05) is 0 Å². The van der Waals surface area contributed by atoms with E-state index in [1.54, 1.807) is 6.20 Å². The van der Waals surface area contributed by atoms with Gasteiger partial charge in [0.1, 0.15) is 11.9 Å². The lowest BCUT2D eigenvalue weighted by Crippen LogP contribution is -2.04. The first-order valence-electron chi connectivity index (χ1n) is 2.09. The van der Waals surface area contributed by atoms with E-state index in [9.17, 15) is 13.2 Å². The fraction of sp³-hybridized carbons (Fsp3) is 0.250. The number of H-pyrrole nitrogens is 1. The average Bonchev–Trinajstić information content (AvgIpc) is 2.08. The second kappa shape index (κ2) is 1.75. The summed E-state index contributed by atoms with van der Waals surface area (Å²) in [6.45, 7) is 0. The zero-order chi connectivity index (χ0) is 6.91. The predicted octanol–water partition coefficient (Wildman–Crippen LogP) is 1.23. The van der Waals surface area contributed by atoms with E-state index in [4.69, 9.17) is 0 Å². The Labute approximate surface area is 48.7 Å². The van der Waals surface area contributed by atoms with Crippen molar-refractivity contribution in [2.45, 2.75) is 6.18 Å². The Kier molecular flexibility index (Phi) is 1.19. The first kappa shape index (κ1) is 6.12. The standard InChI is InChI=1S/C4H2F3N2/c5-4(6,7)3-1-8-2-9-3/h2H,(H,8,9). The van der Waals surface area contributed by atoms with E-state index in [1.165, 1.54) is 0 Å². The molecule has 5 heteroatoms. The molecule has 0 aliphatic heterocycles. The number of hydrogen-bond donors (Lipinski definition) is 1. The monoisotopic (exact) mass is 135 g/mol. The van der Waals surface area contributed by atoms with Crippen LogP contribution in [-0.4, -0.2) is 9.97 Å². The molecular weight excluding hydrogens is 133 g/mol. The summed E-state index contributed by atoms with van der Waals surface area (Å²) in [5.74, 6) is 0. The SMILES string of the molecule is FC(F)(F)c1[c]nc[nH]1. The van der Waals surface area contributed by atoms with Gasteiger partial charge < -0.3 is 4.98 Å². The molecule has 0 aliphatic carbocycles. The van der Waals surface area contributed by atoms with E-state index < -0.39 is 11.9 Å². The van der Waals surface area contributed by atoms with Gasteiger partial charge in [-0.15, -0.1) is 0 Å². The van der Waals surface area contributed by atoms with Gasteiger partial charge in [0.05, 0.1) is 6.33 Å². The molecule has 1 rings (SSSR count). The molecule has 0 saturated heterocycles. The Morgan fingerprint density at radius 1 is 1.56 bits per heavy atom.